The Labute approximate surface area is 120 Å². The van der Waals surface area contributed by atoms with E-state index in [9.17, 15) is 0 Å². The summed E-state index contributed by atoms with van der Waals surface area (Å²) in [6.07, 6.45) is 1.04. The second-order valence-electron chi connectivity index (χ2n) is 5.06. The molecular weight excluding hydrogens is 246 g/mol. The van der Waals surface area contributed by atoms with Crippen LogP contribution in [0.15, 0.2) is 36.4 Å². The van der Waals surface area contributed by atoms with Crippen molar-refractivity contribution in [1.29, 1.82) is 5.26 Å². The van der Waals surface area contributed by atoms with Crippen LogP contribution in [0.1, 0.15) is 41.9 Å². The summed E-state index contributed by atoms with van der Waals surface area (Å²) >= 11 is 0. The van der Waals surface area contributed by atoms with Crippen molar-refractivity contribution >= 4 is 0 Å². The molecule has 1 atom stereocenters. The van der Waals surface area contributed by atoms with E-state index >= 15 is 0 Å². The lowest BCUT2D eigenvalue weighted by molar-refractivity contribution is 0.518. The molecule has 2 aromatic rings. The molecule has 0 saturated carbocycles. The van der Waals surface area contributed by atoms with Gasteiger partial charge in [0.05, 0.1) is 0 Å². The zero-order valence-electron chi connectivity index (χ0n) is 12.4. The number of hydrogen-bond acceptors (Lipinski definition) is 2. The van der Waals surface area contributed by atoms with Gasteiger partial charge in [-0.2, -0.15) is 5.26 Å². The first-order valence-electron chi connectivity index (χ1n) is 7.01. The molecule has 0 radical (unpaired) electrons. The van der Waals surface area contributed by atoms with Crippen LogP contribution in [0, 0.1) is 18.3 Å². The van der Waals surface area contributed by atoms with Gasteiger partial charge in [0.15, 0.2) is 0 Å². The predicted molar refractivity (Wildman–Crippen MR) is 81.2 cm³/mol. The summed E-state index contributed by atoms with van der Waals surface area (Å²) < 4.78 is 1.94. The summed E-state index contributed by atoms with van der Waals surface area (Å²) in [7, 11) is 1.94. The highest BCUT2D eigenvalue weighted by molar-refractivity contribution is 5.34. The number of aromatic nitrogens is 1. The Bertz CT molecular complexity index is 605. The maximum Gasteiger partial charge on any atom is 0.120 e. The molecule has 1 N–H and O–H groups in total. The molecule has 1 unspecified atom stereocenters. The lowest BCUT2D eigenvalue weighted by Gasteiger charge is -2.17. The highest BCUT2D eigenvalue weighted by Crippen LogP contribution is 2.19. The minimum Gasteiger partial charge on any atom is -0.340 e. The van der Waals surface area contributed by atoms with Gasteiger partial charge in [-0.25, -0.2) is 0 Å². The average Bonchev–Trinajstić information content (AvgIpc) is 2.77. The van der Waals surface area contributed by atoms with Gasteiger partial charge in [-0.3, -0.25) is 0 Å². The first-order chi connectivity index (χ1) is 9.67. The Morgan fingerprint density at radius 2 is 2.00 bits per heavy atom. The highest BCUT2D eigenvalue weighted by Gasteiger charge is 2.12. The molecule has 1 aromatic carbocycles. The van der Waals surface area contributed by atoms with Crippen LogP contribution < -0.4 is 5.32 Å². The van der Waals surface area contributed by atoms with Crippen molar-refractivity contribution < 1.29 is 0 Å². The molecule has 0 fully saturated rings. The fraction of sp³-hybridized carbons (Fsp3) is 0.353. The van der Waals surface area contributed by atoms with Crippen LogP contribution >= 0.6 is 0 Å². The van der Waals surface area contributed by atoms with Gasteiger partial charge in [0, 0.05) is 25.3 Å². The van der Waals surface area contributed by atoms with E-state index in [2.05, 4.69) is 49.5 Å². The van der Waals surface area contributed by atoms with Gasteiger partial charge in [-0.15, -0.1) is 0 Å². The van der Waals surface area contributed by atoms with E-state index in [1.54, 1.807) is 0 Å². The summed E-state index contributed by atoms with van der Waals surface area (Å²) in [5.41, 5.74) is 4.37. The maximum atomic E-state index is 9.07. The van der Waals surface area contributed by atoms with Crippen LogP contribution in [0.5, 0.6) is 0 Å². The summed E-state index contributed by atoms with van der Waals surface area (Å²) in [6, 6.07) is 15.0. The van der Waals surface area contributed by atoms with Crippen LogP contribution in [0.4, 0.5) is 0 Å². The standard InChI is InChI=1S/C17H21N3/c1-4-17(14-8-6-5-7-9-14)19-12-15-10-16(11-18)20(3)13(15)2/h5-10,17,19H,4,12H2,1-3H3. The van der Waals surface area contributed by atoms with Gasteiger partial charge in [0.25, 0.3) is 0 Å². The Kier molecular flexibility index (Phi) is 4.60. The Morgan fingerprint density at radius 3 is 2.55 bits per heavy atom. The maximum absolute atomic E-state index is 9.07. The minimum absolute atomic E-state index is 0.348. The number of nitrogens with one attached hydrogen (secondary N) is 1. The van der Waals surface area contributed by atoms with Gasteiger partial charge >= 0.3 is 0 Å². The number of rotatable bonds is 5. The molecule has 0 amide bonds. The molecule has 0 spiro atoms. The number of nitrogens with zero attached hydrogens (tertiary/aromatic N) is 2. The van der Waals surface area contributed by atoms with Crippen LogP contribution in [-0.2, 0) is 13.6 Å². The van der Waals surface area contributed by atoms with E-state index in [1.165, 1.54) is 11.1 Å². The molecule has 3 nitrogen and oxygen atoms in total. The fourth-order valence-corrected chi connectivity index (χ4v) is 2.47. The molecular formula is C17H21N3. The summed E-state index contributed by atoms with van der Waals surface area (Å²) in [5, 5.41) is 12.7. The SMILES string of the molecule is CCC(NCc1cc(C#N)n(C)c1C)c1ccccc1. The molecule has 0 saturated heterocycles. The van der Waals surface area contributed by atoms with Crippen LogP contribution in [0.3, 0.4) is 0 Å². The molecule has 20 heavy (non-hydrogen) atoms. The quantitative estimate of drug-likeness (QED) is 0.901. The van der Waals surface area contributed by atoms with Crippen molar-refractivity contribution in [3.8, 4) is 6.07 Å². The molecule has 0 aliphatic heterocycles. The molecule has 0 bridgehead atoms. The summed E-state index contributed by atoms with van der Waals surface area (Å²) in [6.45, 7) is 5.03. The lowest BCUT2D eigenvalue weighted by Crippen LogP contribution is -2.20. The summed E-state index contributed by atoms with van der Waals surface area (Å²) in [4.78, 5) is 0. The van der Waals surface area contributed by atoms with Gasteiger partial charge in [-0.05, 0) is 30.5 Å². The van der Waals surface area contributed by atoms with Crippen LogP contribution in [-0.4, -0.2) is 4.57 Å². The number of hydrogen-bond donors (Lipinski definition) is 1. The monoisotopic (exact) mass is 267 g/mol. The third-order valence-corrected chi connectivity index (χ3v) is 3.90. The third-order valence-electron chi connectivity index (χ3n) is 3.90. The normalized spacial score (nSPS) is 12.1. The molecule has 1 heterocycles. The first kappa shape index (κ1) is 14.4. The van der Waals surface area contributed by atoms with E-state index in [0.29, 0.717) is 11.7 Å². The van der Waals surface area contributed by atoms with Crippen molar-refractivity contribution in [2.24, 2.45) is 7.05 Å². The first-order valence-corrected chi connectivity index (χ1v) is 7.01. The zero-order chi connectivity index (χ0) is 14.5. The minimum atomic E-state index is 0.348. The van der Waals surface area contributed by atoms with E-state index in [-0.39, 0.29) is 0 Å². The van der Waals surface area contributed by atoms with Crippen molar-refractivity contribution in [3.63, 3.8) is 0 Å². The van der Waals surface area contributed by atoms with Crippen molar-refractivity contribution in [2.75, 3.05) is 0 Å². The second kappa shape index (κ2) is 6.40. The fourth-order valence-electron chi connectivity index (χ4n) is 2.47. The second-order valence-corrected chi connectivity index (χ2v) is 5.06. The molecule has 3 heteroatoms. The molecule has 2 rings (SSSR count). The van der Waals surface area contributed by atoms with Gasteiger partial charge < -0.3 is 9.88 Å². The van der Waals surface area contributed by atoms with E-state index < -0.39 is 0 Å². The lowest BCUT2D eigenvalue weighted by atomic mass is 10.0. The van der Waals surface area contributed by atoms with E-state index in [4.69, 9.17) is 5.26 Å². The van der Waals surface area contributed by atoms with Crippen LogP contribution in [0.2, 0.25) is 0 Å². The van der Waals surface area contributed by atoms with Crippen molar-refractivity contribution in [2.45, 2.75) is 32.9 Å². The molecule has 0 aliphatic rings. The van der Waals surface area contributed by atoms with E-state index in [1.807, 2.05) is 23.7 Å². The number of benzene rings is 1. The molecule has 104 valence electrons. The molecule has 1 aromatic heterocycles. The van der Waals surface area contributed by atoms with Gasteiger partial charge in [-0.1, -0.05) is 37.3 Å². The smallest absolute Gasteiger partial charge is 0.120 e. The zero-order valence-corrected chi connectivity index (χ0v) is 12.4. The van der Waals surface area contributed by atoms with Crippen molar-refractivity contribution in [1.82, 2.24) is 9.88 Å². The Balaban J connectivity index is 2.10. The molecule has 0 aliphatic carbocycles. The van der Waals surface area contributed by atoms with Crippen LogP contribution in [0.25, 0.3) is 0 Å². The summed E-state index contributed by atoms with van der Waals surface area (Å²) in [5.74, 6) is 0. The predicted octanol–water partition coefficient (Wildman–Crippen LogP) is 3.45. The third kappa shape index (κ3) is 2.92. The van der Waals surface area contributed by atoms with Gasteiger partial charge in [0.1, 0.15) is 11.8 Å². The largest absolute Gasteiger partial charge is 0.340 e. The van der Waals surface area contributed by atoms with Crippen molar-refractivity contribution in [3.05, 3.63) is 58.9 Å². The highest BCUT2D eigenvalue weighted by atomic mass is 15.0. The Hall–Kier alpha value is -2.05. The number of nitriles is 1. The average molecular weight is 267 g/mol. The Morgan fingerprint density at radius 1 is 1.30 bits per heavy atom. The van der Waals surface area contributed by atoms with E-state index in [0.717, 1.165) is 18.7 Å². The topological polar surface area (TPSA) is 40.8 Å². The van der Waals surface area contributed by atoms with Gasteiger partial charge in [0.2, 0.25) is 0 Å².